The Labute approximate surface area is 125 Å². The molecule has 102 valence electrons. The monoisotopic (exact) mass is 305 g/mol. The lowest BCUT2D eigenvalue weighted by Crippen LogP contribution is -2.15. The summed E-state index contributed by atoms with van der Waals surface area (Å²) in [6.07, 6.45) is 0. The van der Waals surface area contributed by atoms with Gasteiger partial charge in [0.1, 0.15) is 10.6 Å². The van der Waals surface area contributed by atoms with Crippen molar-refractivity contribution in [3.05, 3.63) is 52.6 Å². The summed E-state index contributed by atoms with van der Waals surface area (Å²) < 4.78 is 0. The highest BCUT2D eigenvalue weighted by molar-refractivity contribution is 7.16. The third-order valence-electron chi connectivity index (χ3n) is 2.99. The maximum Gasteiger partial charge on any atom is 0.225 e. The molecule has 0 fully saturated rings. The number of thiophene rings is 1. The standard InChI is InChI=1S/C14H12ClN3OS/c15-14-17-12(10-6-7-20-13(10)18-14)16-11(8-19)9-4-2-1-3-5-9/h1-7,11,19H,8H2,(H,16,17,18). The van der Waals surface area contributed by atoms with Crippen molar-refractivity contribution in [2.24, 2.45) is 0 Å². The molecule has 6 heteroatoms. The fourth-order valence-electron chi connectivity index (χ4n) is 2.02. The number of nitrogens with zero attached hydrogens (tertiary/aromatic N) is 2. The Kier molecular flexibility index (Phi) is 3.82. The Bertz CT molecular complexity index is 717. The van der Waals surface area contributed by atoms with Crippen LogP contribution in [-0.2, 0) is 0 Å². The molecule has 2 N–H and O–H groups in total. The molecule has 3 aromatic rings. The lowest BCUT2D eigenvalue weighted by Gasteiger charge is -2.17. The fourth-order valence-corrected chi connectivity index (χ4v) is 3.01. The van der Waals surface area contributed by atoms with Gasteiger partial charge in [-0.2, -0.15) is 0 Å². The molecule has 0 bridgehead atoms. The van der Waals surface area contributed by atoms with Gasteiger partial charge in [0.15, 0.2) is 0 Å². The van der Waals surface area contributed by atoms with Gasteiger partial charge in [0, 0.05) is 0 Å². The van der Waals surface area contributed by atoms with Crippen LogP contribution in [0.4, 0.5) is 5.82 Å². The van der Waals surface area contributed by atoms with Crippen LogP contribution in [0.2, 0.25) is 5.28 Å². The molecule has 4 nitrogen and oxygen atoms in total. The zero-order valence-corrected chi connectivity index (χ0v) is 12.0. The van der Waals surface area contributed by atoms with Gasteiger partial charge in [0.25, 0.3) is 0 Å². The molecule has 0 saturated heterocycles. The summed E-state index contributed by atoms with van der Waals surface area (Å²) in [6.45, 7) is -0.0305. The van der Waals surface area contributed by atoms with Crippen LogP contribution in [0.15, 0.2) is 41.8 Å². The summed E-state index contributed by atoms with van der Waals surface area (Å²) in [6, 6.07) is 11.4. The number of hydrogen-bond donors (Lipinski definition) is 2. The van der Waals surface area contributed by atoms with Crippen LogP contribution < -0.4 is 5.32 Å². The summed E-state index contributed by atoms with van der Waals surface area (Å²) in [7, 11) is 0. The second-order valence-electron chi connectivity index (χ2n) is 4.27. The minimum atomic E-state index is -0.231. The van der Waals surface area contributed by atoms with Gasteiger partial charge in [-0.25, -0.2) is 9.97 Å². The number of nitrogens with one attached hydrogen (secondary N) is 1. The smallest absolute Gasteiger partial charge is 0.225 e. The zero-order chi connectivity index (χ0) is 13.9. The number of anilines is 1. The molecule has 0 aliphatic rings. The Morgan fingerprint density at radius 1 is 1.20 bits per heavy atom. The highest BCUT2D eigenvalue weighted by Gasteiger charge is 2.14. The number of aliphatic hydroxyl groups is 1. The molecule has 0 amide bonds. The van der Waals surface area contributed by atoms with Crippen LogP contribution in [0.5, 0.6) is 0 Å². The van der Waals surface area contributed by atoms with Crippen molar-refractivity contribution in [2.75, 3.05) is 11.9 Å². The van der Waals surface area contributed by atoms with Gasteiger partial charge < -0.3 is 10.4 Å². The molecule has 1 aromatic carbocycles. The van der Waals surface area contributed by atoms with Crippen molar-refractivity contribution in [1.82, 2.24) is 9.97 Å². The van der Waals surface area contributed by atoms with Crippen LogP contribution in [-0.4, -0.2) is 21.7 Å². The quantitative estimate of drug-likeness (QED) is 0.724. The van der Waals surface area contributed by atoms with Crippen molar-refractivity contribution in [2.45, 2.75) is 6.04 Å². The number of benzene rings is 1. The van der Waals surface area contributed by atoms with Gasteiger partial charge in [-0.3, -0.25) is 0 Å². The minimum absolute atomic E-state index is 0.0305. The van der Waals surface area contributed by atoms with Crippen LogP contribution >= 0.6 is 22.9 Å². The first-order valence-electron chi connectivity index (χ1n) is 6.11. The van der Waals surface area contributed by atoms with Crippen molar-refractivity contribution in [3.63, 3.8) is 0 Å². The normalized spacial score (nSPS) is 12.5. The number of aliphatic hydroxyl groups excluding tert-OH is 1. The number of aromatic nitrogens is 2. The van der Waals surface area contributed by atoms with Crippen molar-refractivity contribution >= 4 is 39.0 Å². The lowest BCUT2D eigenvalue weighted by atomic mass is 10.1. The maximum atomic E-state index is 9.60. The van der Waals surface area contributed by atoms with Crippen LogP contribution in [0.1, 0.15) is 11.6 Å². The second kappa shape index (κ2) is 5.75. The van der Waals surface area contributed by atoms with Gasteiger partial charge in [-0.05, 0) is 28.6 Å². The Hall–Kier alpha value is -1.69. The first-order chi connectivity index (χ1) is 9.78. The van der Waals surface area contributed by atoms with Crippen molar-refractivity contribution < 1.29 is 5.11 Å². The summed E-state index contributed by atoms with van der Waals surface area (Å²) >= 11 is 7.44. The van der Waals surface area contributed by atoms with Crippen molar-refractivity contribution in [3.8, 4) is 0 Å². The fraction of sp³-hybridized carbons (Fsp3) is 0.143. The molecule has 0 radical (unpaired) electrons. The molecular formula is C14H12ClN3OS. The Morgan fingerprint density at radius 2 is 2.00 bits per heavy atom. The predicted octanol–water partition coefficient (Wildman–Crippen LogP) is 3.49. The van der Waals surface area contributed by atoms with E-state index in [-0.39, 0.29) is 17.9 Å². The molecule has 1 atom stereocenters. The Morgan fingerprint density at radius 3 is 2.75 bits per heavy atom. The van der Waals surface area contributed by atoms with Crippen LogP contribution in [0.3, 0.4) is 0 Å². The van der Waals surface area contributed by atoms with E-state index in [2.05, 4.69) is 15.3 Å². The summed E-state index contributed by atoms with van der Waals surface area (Å²) in [4.78, 5) is 9.23. The van der Waals surface area contributed by atoms with E-state index in [1.54, 1.807) is 0 Å². The van der Waals surface area contributed by atoms with E-state index in [0.717, 1.165) is 15.8 Å². The van der Waals surface area contributed by atoms with E-state index >= 15 is 0 Å². The molecule has 2 heterocycles. The molecule has 20 heavy (non-hydrogen) atoms. The molecule has 0 aliphatic heterocycles. The lowest BCUT2D eigenvalue weighted by molar-refractivity contribution is 0.276. The molecular weight excluding hydrogens is 294 g/mol. The molecule has 0 aliphatic carbocycles. The topological polar surface area (TPSA) is 58.0 Å². The minimum Gasteiger partial charge on any atom is -0.394 e. The van der Waals surface area contributed by atoms with E-state index in [9.17, 15) is 5.11 Å². The third-order valence-corrected chi connectivity index (χ3v) is 3.97. The van der Waals surface area contributed by atoms with E-state index in [1.165, 1.54) is 11.3 Å². The van der Waals surface area contributed by atoms with Gasteiger partial charge in [0.05, 0.1) is 18.0 Å². The number of fused-ring (bicyclic) bond motifs is 1. The molecule has 1 unspecified atom stereocenters. The average Bonchev–Trinajstić information content (AvgIpc) is 2.93. The van der Waals surface area contributed by atoms with E-state index in [4.69, 9.17) is 11.6 Å². The third kappa shape index (κ3) is 2.60. The first-order valence-corrected chi connectivity index (χ1v) is 7.37. The van der Waals surface area contributed by atoms with E-state index in [1.807, 2.05) is 41.8 Å². The molecule has 0 spiro atoms. The van der Waals surface area contributed by atoms with Gasteiger partial charge in [-0.1, -0.05) is 30.3 Å². The molecule has 0 saturated carbocycles. The van der Waals surface area contributed by atoms with E-state index in [0.29, 0.717) is 5.82 Å². The van der Waals surface area contributed by atoms with Gasteiger partial charge in [0.2, 0.25) is 5.28 Å². The zero-order valence-electron chi connectivity index (χ0n) is 10.5. The number of halogens is 1. The summed E-state index contributed by atoms with van der Waals surface area (Å²) in [5, 5.41) is 15.9. The number of hydrogen-bond acceptors (Lipinski definition) is 5. The first kappa shape index (κ1) is 13.3. The van der Waals surface area contributed by atoms with E-state index < -0.39 is 0 Å². The van der Waals surface area contributed by atoms with Gasteiger partial charge in [-0.15, -0.1) is 11.3 Å². The Balaban J connectivity index is 1.97. The highest BCUT2D eigenvalue weighted by Crippen LogP contribution is 2.29. The number of rotatable bonds is 4. The summed E-state index contributed by atoms with van der Waals surface area (Å²) in [5.41, 5.74) is 0.994. The second-order valence-corrected chi connectivity index (χ2v) is 5.50. The van der Waals surface area contributed by atoms with Crippen molar-refractivity contribution in [1.29, 1.82) is 0 Å². The maximum absolute atomic E-state index is 9.60. The average molecular weight is 306 g/mol. The van der Waals surface area contributed by atoms with Gasteiger partial charge >= 0.3 is 0 Å². The highest BCUT2D eigenvalue weighted by atomic mass is 35.5. The SMILES string of the molecule is OCC(Nc1nc(Cl)nc2sccc12)c1ccccc1. The molecule has 2 aromatic heterocycles. The van der Waals surface area contributed by atoms with Crippen LogP contribution in [0.25, 0.3) is 10.2 Å². The summed E-state index contributed by atoms with van der Waals surface area (Å²) in [5.74, 6) is 0.643. The largest absolute Gasteiger partial charge is 0.394 e. The molecule has 3 rings (SSSR count). The predicted molar refractivity (Wildman–Crippen MR) is 82.3 cm³/mol. The van der Waals surface area contributed by atoms with Crippen LogP contribution in [0, 0.1) is 0 Å².